The molecule has 0 aliphatic heterocycles. The molecule has 0 radical (unpaired) electrons. The largest absolute Gasteiger partial charge is 0.493 e. The molecule has 18 heavy (non-hydrogen) atoms. The Bertz CT molecular complexity index is 405. The first-order valence-corrected chi connectivity index (χ1v) is 6.19. The van der Waals surface area contributed by atoms with E-state index in [4.69, 9.17) is 4.74 Å². The molecule has 0 spiro atoms. The maximum absolute atomic E-state index is 10.8. The lowest BCUT2D eigenvalue weighted by Crippen LogP contribution is -2.08. The van der Waals surface area contributed by atoms with Gasteiger partial charge in [0.2, 0.25) is 0 Å². The second kappa shape index (κ2) is 6.83. The number of nitrogens with zero attached hydrogens (tertiary/aromatic N) is 1. The van der Waals surface area contributed by atoms with Crippen molar-refractivity contribution in [2.45, 2.75) is 27.2 Å². The number of ether oxygens (including phenoxy) is 1. The quantitative estimate of drug-likeness (QED) is 0.596. The molecule has 0 aromatic heterocycles. The molecule has 0 bridgehead atoms. The highest BCUT2D eigenvalue weighted by molar-refractivity contribution is 5.56. The average Bonchev–Trinajstić information content (AvgIpc) is 2.33. The molecule has 5 nitrogen and oxygen atoms in total. The van der Waals surface area contributed by atoms with Crippen molar-refractivity contribution in [1.82, 2.24) is 0 Å². The summed E-state index contributed by atoms with van der Waals surface area (Å²) in [6.07, 6.45) is 0.872. The molecule has 100 valence electrons. The summed E-state index contributed by atoms with van der Waals surface area (Å²) in [6, 6.07) is 4.78. The predicted octanol–water partition coefficient (Wildman–Crippen LogP) is 3.45. The van der Waals surface area contributed by atoms with Crippen LogP contribution in [0.4, 0.5) is 11.4 Å². The molecule has 0 heterocycles. The van der Waals surface area contributed by atoms with E-state index < -0.39 is 4.92 Å². The van der Waals surface area contributed by atoms with Crippen molar-refractivity contribution in [2.24, 2.45) is 5.92 Å². The number of anilines is 1. The molecule has 0 saturated carbocycles. The van der Waals surface area contributed by atoms with Gasteiger partial charge in [0.1, 0.15) is 5.75 Å². The van der Waals surface area contributed by atoms with E-state index in [2.05, 4.69) is 19.2 Å². The molecule has 0 amide bonds. The van der Waals surface area contributed by atoms with Gasteiger partial charge in [0.15, 0.2) is 0 Å². The lowest BCUT2D eigenvalue weighted by Gasteiger charge is -2.11. The fraction of sp³-hybridized carbons (Fsp3) is 0.538. The Hall–Kier alpha value is -1.78. The SMILES string of the molecule is CCCOc1cc(NCC(C)C)cc([N+](=O)[O-])c1. The minimum absolute atomic E-state index is 0.0508. The Morgan fingerprint density at radius 1 is 1.39 bits per heavy atom. The maximum Gasteiger partial charge on any atom is 0.275 e. The average molecular weight is 252 g/mol. The zero-order valence-electron chi connectivity index (χ0n) is 11.1. The summed E-state index contributed by atoms with van der Waals surface area (Å²) in [4.78, 5) is 10.4. The third kappa shape index (κ3) is 4.61. The molecular formula is C13H20N2O3. The van der Waals surface area contributed by atoms with E-state index in [0.29, 0.717) is 18.3 Å². The molecule has 5 heteroatoms. The smallest absolute Gasteiger partial charge is 0.275 e. The van der Waals surface area contributed by atoms with Gasteiger partial charge in [-0.2, -0.15) is 0 Å². The van der Waals surface area contributed by atoms with Gasteiger partial charge in [0, 0.05) is 24.4 Å². The normalized spacial score (nSPS) is 10.4. The fourth-order valence-electron chi connectivity index (χ4n) is 1.42. The van der Waals surface area contributed by atoms with Crippen molar-refractivity contribution in [3.8, 4) is 5.75 Å². The van der Waals surface area contributed by atoms with Crippen LogP contribution in [0, 0.1) is 16.0 Å². The van der Waals surface area contributed by atoms with Crippen LogP contribution in [0.15, 0.2) is 18.2 Å². The number of nitrogens with one attached hydrogen (secondary N) is 1. The number of benzene rings is 1. The van der Waals surface area contributed by atoms with Gasteiger partial charge >= 0.3 is 0 Å². The highest BCUT2D eigenvalue weighted by atomic mass is 16.6. The standard InChI is InChI=1S/C13H20N2O3/c1-4-5-18-13-7-11(14-9-10(2)3)6-12(8-13)15(16)17/h6-8,10,14H,4-5,9H2,1-3H3. The number of nitro benzene ring substituents is 1. The fourth-order valence-corrected chi connectivity index (χ4v) is 1.42. The van der Waals surface area contributed by atoms with E-state index in [0.717, 1.165) is 18.7 Å². The van der Waals surface area contributed by atoms with E-state index in [1.54, 1.807) is 6.07 Å². The van der Waals surface area contributed by atoms with Crippen LogP contribution in [0.1, 0.15) is 27.2 Å². The van der Waals surface area contributed by atoms with Gasteiger partial charge in [-0.25, -0.2) is 0 Å². The van der Waals surface area contributed by atoms with Gasteiger partial charge in [0.05, 0.1) is 17.6 Å². The number of non-ortho nitro benzene ring substituents is 1. The van der Waals surface area contributed by atoms with E-state index in [-0.39, 0.29) is 5.69 Å². The summed E-state index contributed by atoms with van der Waals surface area (Å²) in [6.45, 7) is 7.49. The number of rotatable bonds is 7. The molecule has 1 aromatic carbocycles. The van der Waals surface area contributed by atoms with Gasteiger partial charge < -0.3 is 10.1 Å². The third-order valence-corrected chi connectivity index (χ3v) is 2.29. The zero-order chi connectivity index (χ0) is 13.5. The van der Waals surface area contributed by atoms with Crippen LogP contribution < -0.4 is 10.1 Å². The van der Waals surface area contributed by atoms with Gasteiger partial charge in [-0.3, -0.25) is 10.1 Å². The monoisotopic (exact) mass is 252 g/mol. The van der Waals surface area contributed by atoms with E-state index in [9.17, 15) is 10.1 Å². The lowest BCUT2D eigenvalue weighted by molar-refractivity contribution is -0.384. The summed E-state index contributed by atoms with van der Waals surface area (Å²) in [7, 11) is 0. The van der Waals surface area contributed by atoms with Gasteiger partial charge in [-0.1, -0.05) is 20.8 Å². The predicted molar refractivity (Wildman–Crippen MR) is 72.2 cm³/mol. The van der Waals surface area contributed by atoms with E-state index in [1.165, 1.54) is 12.1 Å². The first-order chi connectivity index (χ1) is 8.52. The van der Waals surface area contributed by atoms with E-state index in [1.807, 2.05) is 6.92 Å². The van der Waals surface area contributed by atoms with E-state index >= 15 is 0 Å². The number of nitro groups is 1. The summed E-state index contributed by atoms with van der Waals surface area (Å²) in [5.41, 5.74) is 0.777. The molecule has 0 fully saturated rings. The van der Waals surface area contributed by atoms with Gasteiger partial charge in [-0.15, -0.1) is 0 Å². The minimum atomic E-state index is -0.403. The van der Waals surface area contributed by atoms with Crippen molar-refractivity contribution in [2.75, 3.05) is 18.5 Å². The highest BCUT2D eigenvalue weighted by Gasteiger charge is 2.10. The Morgan fingerprint density at radius 3 is 2.67 bits per heavy atom. The molecule has 0 atom stereocenters. The maximum atomic E-state index is 10.8. The number of hydrogen-bond donors (Lipinski definition) is 1. The van der Waals surface area contributed by atoms with Crippen LogP contribution >= 0.6 is 0 Å². The summed E-state index contributed by atoms with van der Waals surface area (Å²) in [5.74, 6) is 1.02. The third-order valence-electron chi connectivity index (χ3n) is 2.29. The first kappa shape index (κ1) is 14.3. The Balaban J connectivity index is 2.87. The second-order valence-corrected chi connectivity index (χ2v) is 4.60. The van der Waals surface area contributed by atoms with Crippen LogP contribution in [0.5, 0.6) is 5.75 Å². The van der Waals surface area contributed by atoms with Crippen LogP contribution in [0.3, 0.4) is 0 Å². The van der Waals surface area contributed by atoms with Crippen molar-refractivity contribution < 1.29 is 9.66 Å². The van der Waals surface area contributed by atoms with Crippen LogP contribution in [0.25, 0.3) is 0 Å². The molecule has 0 unspecified atom stereocenters. The molecule has 1 N–H and O–H groups in total. The van der Waals surface area contributed by atoms with Crippen molar-refractivity contribution in [3.63, 3.8) is 0 Å². The van der Waals surface area contributed by atoms with Crippen LogP contribution in [0.2, 0.25) is 0 Å². The molecule has 1 aromatic rings. The topological polar surface area (TPSA) is 64.4 Å². The Kier molecular flexibility index (Phi) is 5.42. The second-order valence-electron chi connectivity index (χ2n) is 4.60. The van der Waals surface area contributed by atoms with Crippen molar-refractivity contribution >= 4 is 11.4 Å². The molecule has 0 saturated heterocycles. The summed E-state index contributed by atoms with van der Waals surface area (Å²) < 4.78 is 5.45. The minimum Gasteiger partial charge on any atom is -0.493 e. The lowest BCUT2D eigenvalue weighted by atomic mass is 10.2. The van der Waals surface area contributed by atoms with Gasteiger partial charge in [0.25, 0.3) is 5.69 Å². The molecule has 0 aliphatic carbocycles. The Morgan fingerprint density at radius 2 is 2.11 bits per heavy atom. The van der Waals surface area contributed by atoms with Crippen molar-refractivity contribution in [1.29, 1.82) is 0 Å². The molecule has 0 aliphatic rings. The number of hydrogen-bond acceptors (Lipinski definition) is 4. The van der Waals surface area contributed by atoms with Gasteiger partial charge in [-0.05, 0) is 12.3 Å². The highest BCUT2D eigenvalue weighted by Crippen LogP contribution is 2.26. The molecular weight excluding hydrogens is 232 g/mol. The first-order valence-electron chi connectivity index (χ1n) is 6.19. The summed E-state index contributed by atoms with van der Waals surface area (Å²) in [5, 5.41) is 14.0. The Labute approximate surface area is 107 Å². The summed E-state index contributed by atoms with van der Waals surface area (Å²) >= 11 is 0. The zero-order valence-corrected chi connectivity index (χ0v) is 11.1. The molecule has 1 rings (SSSR count). The van der Waals surface area contributed by atoms with Crippen molar-refractivity contribution in [3.05, 3.63) is 28.3 Å². The van der Waals surface area contributed by atoms with Crippen LogP contribution in [-0.4, -0.2) is 18.1 Å². The van der Waals surface area contributed by atoms with Crippen LogP contribution in [-0.2, 0) is 0 Å².